The molecule has 0 heterocycles. The highest BCUT2D eigenvalue weighted by Gasteiger charge is 2.89. The second-order valence-electron chi connectivity index (χ2n) is 12.8. The summed E-state index contributed by atoms with van der Waals surface area (Å²) >= 11 is 0. The molecule has 0 radical (unpaired) electrons. The summed E-state index contributed by atoms with van der Waals surface area (Å²) in [6.07, 6.45) is 26.6. The van der Waals surface area contributed by atoms with Crippen LogP contribution in [0.25, 0.3) is 0 Å². The molecule has 0 amide bonds. The van der Waals surface area contributed by atoms with E-state index in [0.717, 1.165) is 19.3 Å². The summed E-state index contributed by atoms with van der Waals surface area (Å²) in [5, 5.41) is 32.0. The molecule has 3 atom stereocenters. The normalized spacial score (nSPS) is 23.4. The quantitative estimate of drug-likeness (QED) is 0.0512. The molecule has 1 saturated carbocycles. The summed E-state index contributed by atoms with van der Waals surface area (Å²) in [6, 6.07) is -0.733. The largest absolute Gasteiger partial charge is 1.00 e. The number of carbonyl (C=O) groups is 1. The van der Waals surface area contributed by atoms with Crippen molar-refractivity contribution in [2.45, 2.75) is 161 Å². The van der Waals surface area contributed by atoms with Gasteiger partial charge in [0.1, 0.15) is 6.61 Å². The Morgan fingerprint density at radius 2 is 1.11 bits per heavy atom. The number of ketones is 1. The van der Waals surface area contributed by atoms with E-state index in [9.17, 15) is 20.1 Å². The predicted octanol–water partition coefficient (Wildman–Crippen LogP) is 4.07. The molecule has 3 unspecified atom stereocenters. The van der Waals surface area contributed by atoms with Crippen molar-refractivity contribution in [1.29, 1.82) is 0 Å². The number of aliphatic hydroxyl groups excluding tert-OH is 1. The number of nitrogens with zero attached hydrogens (tertiary/aromatic N) is 1. The molecule has 1 aliphatic carbocycles. The highest BCUT2D eigenvalue weighted by molar-refractivity contribution is 5.83. The van der Waals surface area contributed by atoms with E-state index in [0.29, 0.717) is 6.42 Å². The van der Waals surface area contributed by atoms with E-state index in [1.54, 1.807) is 34.9 Å². The van der Waals surface area contributed by atoms with Gasteiger partial charge in [-0.2, -0.15) is 0 Å². The molecular weight excluding hydrogens is 589 g/mol. The second-order valence-corrected chi connectivity index (χ2v) is 12.8. The second kappa shape index (κ2) is 18.4. The lowest BCUT2D eigenvalue weighted by Crippen LogP contribution is -3.00. The fourth-order valence-electron chi connectivity index (χ4n) is 6.44. The van der Waals surface area contributed by atoms with Crippen LogP contribution in [0.15, 0.2) is 12.2 Å². The number of quaternary nitrogens is 1. The van der Waals surface area contributed by atoms with Crippen LogP contribution in [-0.2, 0) is 4.79 Å². The maximum atomic E-state index is 12.9. The molecule has 0 saturated heterocycles. The molecule has 0 aromatic carbocycles. The van der Waals surface area contributed by atoms with Gasteiger partial charge in [-0.3, -0.25) is 9.28 Å². The Kier molecular flexibility index (Phi) is 18.4. The zero-order valence-corrected chi connectivity index (χ0v) is 27.9. The highest BCUT2D eigenvalue weighted by Crippen LogP contribution is 2.68. The van der Waals surface area contributed by atoms with Gasteiger partial charge < -0.3 is 39.3 Å². The first-order valence-corrected chi connectivity index (χ1v) is 15.5. The van der Waals surface area contributed by atoms with Crippen LogP contribution in [0.4, 0.5) is 0 Å². The van der Waals surface area contributed by atoms with Crippen molar-refractivity contribution in [3.63, 3.8) is 0 Å². The minimum absolute atomic E-state index is 0. The van der Waals surface area contributed by atoms with Crippen molar-refractivity contribution in [2.24, 2.45) is 5.41 Å². The number of Topliss-reactive ketones (excluding diaryl/α,β-unsaturated/α-hetero) is 1. The van der Waals surface area contributed by atoms with Crippen molar-refractivity contribution >= 4 is 5.78 Å². The number of hydrogen-bond acceptors (Lipinski definition) is 4. The van der Waals surface area contributed by atoms with Gasteiger partial charge in [0.15, 0.2) is 17.4 Å². The highest BCUT2D eigenvalue weighted by atomic mass is 127. The van der Waals surface area contributed by atoms with Crippen molar-refractivity contribution in [3.8, 4) is 0 Å². The SMILES string of the molecule is CCCCCCCC/C=C\CCCCCCCCCCCC(=O)C(CO)[N+](C)(C)C1(O)C(C)(C)C1(C)O.[I-]. The number of halogens is 1. The zero-order chi connectivity index (χ0) is 28.0. The standard InChI is InChI=1S/C32H62NO4.HI/c1-7-8-9-10-11-12-13-14-15-16-17-18-19-20-21-22-23-24-25-26-29(35)28(27-34)33(5,6)32(37)30(2,3)31(32,4)36;/h14-15,28,34,36-37H,7-13,16-27H2,1-6H3;1H/q+1;/p-1/b15-14-;. The summed E-state index contributed by atoms with van der Waals surface area (Å²) < 4.78 is -0.114. The van der Waals surface area contributed by atoms with Gasteiger partial charge >= 0.3 is 0 Å². The van der Waals surface area contributed by atoms with Gasteiger partial charge in [-0.25, -0.2) is 0 Å². The van der Waals surface area contributed by atoms with Crippen LogP contribution >= 0.6 is 0 Å². The number of likely N-dealkylation sites (N-methyl/N-ethyl adjacent to an activating group) is 1. The third kappa shape index (κ3) is 9.81. The molecule has 0 aromatic heterocycles. The van der Waals surface area contributed by atoms with Gasteiger partial charge in [0.25, 0.3) is 0 Å². The van der Waals surface area contributed by atoms with E-state index >= 15 is 0 Å². The molecule has 0 spiro atoms. The Bertz CT molecular complexity index is 660. The minimum atomic E-state index is -1.47. The Balaban J connectivity index is 0.0000137. The number of aliphatic hydroxyl groups is 3. The molecule has 0 bridgehead atoms. The number of hydrogen-bond donors (Lipinski definition) is 3. The number of carbonyl (C=O) groups excluding carboxylic acids is 1. The van der Waals surface area contributed by atoms with E-state index < -0.39 is 22.8 Å². The summed E-state index contributed by atoms with van der Waals surface area (Å²) in [4.78, 5) is 12.9. The summed E-state index contributed by atoms with van der Waals surface area (Å²) in [5.74, 6) is -0.0274. The van der Waals surface area contributed by atoms with E-state index in [-0.39, 0.29) is 40.8 Å². The van der Waals surface area contributed by atoms with Crippen LogP contribution in [0.5, 0.6) is 0 Å². The number of rotatable bonds is 23. The molecule has 38 heavy (non-hydrogen) atoms. The summed E-state index contributed by atoms with van der Waals surface area (Å²) in [6.45, 7) is 7.17. The van der Waals surface area contributed by atoms with Gasteiger partial charge in [0.05, 0.1) is 19.5 Å². The monoisotopic (exact) mass is 651 g/mol. The Hall–Kier alpha value is -0.0200. The summed E-state index contributed by atoms with van der Waals surface area (Å²) in [7, 11) is 3.49. The molecule has 5 nitrogen and oxygen atoms in total. The third-order valence-corrected chi connectivity index (χ3v) is 9.55. The minimum Gasteiger partial charge on any atom is -1.00 e. The van der Waals surface area contributed by atoms with Crippen molar-refractivity contribution in [3.05, 3.63) is 12.2 Å². The predicted molar refractivity (Wildman–Crippen MR) is 155 cm³/mol. The Morgan fingerprint density at radius 3 is 1.47 bits per heavy atom. The van der Waals surface area contributed by atoms with E-state index in [1.165, 1.54) is 89.9 Å². The van der Waals surface area contributed by atoms with Crippen molar-refractivity contribution in [2.75, 3.05) is 20.7 Å². The average molecular weight is 652 g/mol. The Labute approximate surface area is 252 Å². The number of allylic oxidation sites excluding steroid dienone is 2. The average Bonchev–Trinajstić information content (AvgIpc) is 3.17. The van der Waals surface area contributed by atoms with E-state index in [2.05, 4.69) is 19.1 Å². The lowest BCUT2D eigenvalue weighted by Gasteiger charge is -2.42. The first kappa shape index (κ1) is 38.0. The molecule has 226 valence electrons. The first-order chi connectivity index (χ1) is 17.4. The van der Waals surface area contributed by atoms with Gasteiger partial charge in [0, 0.05) is 6.42 Å². The molecule has 1 rings (SSSR count). The third-order valence-electron chi connectivity index (χ3n) is 9.55. The van der Waals surface area contributed by atoms with Crippen molar-refractivity contribution < 1.29 is 48.6 Å². The van der Waals surface area contributed by atoms with E-state index in [1.807, 2.05) is 0 Å². The molecule has 1 aliphatic rings. The van der Waals surface area contributed by atoms with Crippen LogP contribution in [0.1, 0.15) is 143 Å². The van der Waals surface area contributed by atoms with E-state index in [4.69, 9.17) is 0 Å². The maximum absolute atomic E-state index is 12.9. The maximum Gasteiger partial charge on any atom is 0.239 e. The van der Waals surface area contributed by atoms with Crippen molar-refractivity contribution in [1.82, 2.24) is 0 Å². The molecule has 3 N–H and O–H groups in total. The van der Waals surface area contributed by atoms with Crippen LogP contribution in [-0.4, -0.2) is 63.7 Å². The first-order valence-electron chi connectivity index (χ1n) is 15.5. The van der Waals surface area contributed by atoms with Gasteiger partial charge in [-0.05, 0) is 52.9 Å². The van der Waals surface area contributed by atoms with Crippen LogP contribution in [0.2, 0.25) is 0 Å². The van der Waals surface area contributed by atoms with Crippen LogP contribution in [0.3, 0.4) is 0 Å². The number of unbranched alkanes of at least 4 members (excludes halogenated alkanes) is 15. The molecule has 0 aliphatic heterocycles. The lowest BCUT2D eigenvalue weighted by molar-refractivity contribution is -0.970. The lowest BCUT2D eigenvalue weighted by atomic mass is 10.00. The van der Waals surface area contributed by atoms with Gasteiger partial charge in [-0.15, -0.1) is 0 Å². The molecule has 6 heteroatoms. The zero-order valence-electron chi connectivity index (χ0n) is 25.7. The van der Waals surface area contributed by atoms with Gasteiger partial charge in [-0.1, -0.05) is 96.1 Å². The fraction of sp³-hybridized carbons (Fsp3) is 0.906. The smallest absolute Gasteiger partial charge is 0.239 e. The van der Waals surface area contributed by atoms with Crippen LogP contribution in [0, 0.1) is 5.41 Å². The molecular formula is C32H62INO4. The summed E-state index contributed by atoms with van der Waals surface area (Å²) in [5.41, 5.74) is -3.52. The Morgan fingerprint density at radius 1 is 0.737 bits per heavy atom. The van der Waals surface area contributed by atoms with Gasteiger partial charge in [0.2, 0.25) is 5.72 Å². The molecule has 0 aromatic rings. The fourth-order valence-corrected chi connectivity index (χ4v) is 6.44. The topological polar surface area (TPSA) is 77.8 Å². The molecule has 1 fully saturated rings. The van der Waals surface area contributed by atoms with Crippen LogP contribution < -0.4 is 24.0 Å².